The van der Waals surface area contributed by atoms with Gasteiger partial charge < -0.3 is 14.5 Å². The maximum absolute atomic E-state index is 13.0. The van der Waals surface area contributed by atoms with Crippen molar-refractivity contribution in [3.8, 4) is 0 Å². The maximum atomic E-state index is 13.0. The van der Waals surface area contributed by atoms with Crippen LogP contribution in [-0.2, 0) is 17.6 Å². The number of amides is 1. The van der Waals surface area contributed by atoms with Crippen molar-refractivity contribution in [3.05, 3.63) is 17.0 Å². The second-order valence-electron chi connectivity index (χ2n) is 6.62. The molecular weight excluding hydrogens is 268 g/mol. The van der Waals surface area contributed by atoms with Crippen molar-refractivity contribution in [2.24, 2.45) is 5.92 Å². The number of hydrogen-bond acceptors (Lipinski definition) is 4. The van der Waals surface area contributed by atoms with Crippen LogP contribution in [0, 0.1) is 5.92 Å². The van der Waals surface area contributed by atoms with Crippen LogP contribution in [0.5, 0.6) is 0 Å². The van der Waals surface area contributed by atoms with Crippen LogP contribution < -0.4 is 0 Å². The van der Waals surface area contributed by atoms with Gasteiger partial charge in [-0.2, -0.15) is 5.10 Å². The lowest BCUT2D eigenvalue weighted by Crippen LogP contribution is -2.46. The number of rotatable bonds is 1. The standard InChI is InChI=1S/C15H22N4O2/c1-18-5-10-6-19(11(7-18)9-21-8-10)15(20)14-12-3-2-4-13(12)16-17-14/h10-11H,2-9H2,1H3,(H,16,17)/t10-,11-/m0/s1. The van der Waals surface area contributed by atoms with Gasteiger partial charge in [0.2, 0.25) is 0 Å². The summed E-state index contributed by atoms with van der Waals surface area (Å²) in [5, 5.41) is 7.36. The third-order valence-electron chi connectivity index (χ3n) is 4.92. The molecule has 0 saturated carbocycles. The minimum Gasteiger partial charge on any atom is -0.379 e. The molecule has 4 rings (SSSR count). The van der Waals surface area contributed by atoms with E-state index >= 15 is 0 Å². The number of aromatic nitrogens is 2. The molecule has 1 amide bonds. The average Bonchev–Trinajstić information content (AvgIpc) is 2.94. The van der Waals surface area contributed by atoms with E-state index < -0.39 is 0 Å². The first-order valence-corrected chi connectivity index (χ1v) is 7.85. The maximum Gasteiger partial charge on any atom is 0.275 e. The van der Waals surface area contributed by atoms with E-state index in [0.717, 1.165) is 56.8 Å². The van der Waals surface area contributed by atoms with Gasteiger partial charge in [0.15, 0.2) is 5.69 Å². The lowest BCUT2D eigenvalue weighted by molar-refractivity contribution is 0.0479. The molecule has 3 aliphatic rings. The fraction of sp³-hybridized carbons (Fsp3) is 0.733. The molecule has 1 N–H and O–H groups in total. The predicted octanol–water partition coefficient (Wildman–Crippen LogP) is 0.301. The van der Waals surface area contributed by atoms with Gasteiger partial charge in [-0.25, -0.2) is 0 Å². The van der Waals surface area contributed by atoms with Crippen LogP contribution in [-0.4, -0.2) is 71.8 Å². The summed E-state index contributed by atoms with van der Waals surface area (Å²) in [6.45, 7) is 4.06. The summed E-state index contributed by atoms with van der Waals surface area (Å²) in [5.41, 5.74) is 2.95. The number of ether oxygens (including phenoxy) is 1. The first kappa shape index (κ1) is 13.3. The number of aromatic amines is 1. The number of H-pyrrole nitrogens is 1. The fourth-order valence-electron chi connectivity index (χ4n) is 3.96. The summed E-state index contributed by atoms with van der Waals surface area (Å²) in [7, 11) is 2.13. The molecule has 2 saturated heterocycles. The molecule has 0 unspecified atom stereocenters. The molecule has 0 aromatic carbocycles. The number of nitrogens with one attached hydrogen (secondary N) is 1. The minimum absolute atomic E-state index is 0.0881. The zero-order valence-corrected chi connectivity index (χ0v) is 12.5. The second-order valence-corrected chi connectivity index (χ2v) is 6.62. The Labute approximate surface area is 124 Å². The monoisotopic (exact) mass is 290 g/mol. The van der Waals surface area contributed by atoms with Crippen molar-refractivity contribution in [2.45, 2.75) is 25.3 Å². The van der Waals surface area contributed by atoms with E-state index in [0.29, 0.717) is 18.2 Å². The summed E-state index contributed by atoms with van der Waals surface area (Å²) in [4.78, 5) is 17.3. The lowest BCUT2D eigenvalue weighted by atomic mass is 10.1. The molecule has 1 aliphatic carbocycles. The molecule has 0 radical (unpaired) electrons. The van der Waals surface area contributed by atoms with E-state index in [2.05, 4.69) is 22.1 Å². The number of nitrogens with zero attached hydrogens (tertiary/aromatic N) is 3. The van der Waals surface area contributed by atoms with E-state index in [-0.39, 0.29) is 11.9 Å². The molecule has 0 spiro atoms. The highest BCUT2D eigenvalue weighted by atomic mass is 16.5. The molecule has 1 aromatic rings. The smallest absolute Gasteiger partial charge is 0.275 e. The van der Waals surface area contributed by atoms with Crippen LogP contribution in [0.15, 0.2) is 0 Å². The van der Waals surface area contributed by atoms with Crippen molar-refractivity contribution in [1.82, 2.24) is 20.0 Å². The van der Waals surface area contributed by atoms with Crippen molar-refractivity contribution in [3.63, 3.8) is 0 Å². The van der Waals surface area contributed by atoms with E-state index in [1.54, 1.807) is 0 Å². The first-order chi connectivity index (χ1) is 10.2. The third-order valence-corrected chi connectivity index (χ3v) is 4.92. The molecular formula is C15H22N4O2. The van der Waals surface area contributed by atoms with Crippen LogP contribution in [0.4, 0.5) is 0 Å². The van der Waals surface area contributed by atoms with Gasteiger partial charge >= 0.3 is 0 Å². The zero-order valence-electron chi connectivity index (χ0n) is 12.5. The van der Waals surface area contributed by atoms with Gasteiger partial charge in [0, 0.05) is 36.8 Å². The van der Waals surface area contributed by atoms with Crippen LogP contribution in [0.25, 0.3) is 0 Å². The van der Waals surface area contributed by atoms with Gasteiger partial charge in [-0.1, -0.05) is 0 Å². The quantitative estimate of drug-likeness (QED) is 0.808. The SMILES string of the molecule is CN1C[C@@H]2COC[C@H](C1)N(C(=O)c1n[nH]c3c1CCC3)C2. The molecule has 6 nitrogen and oxygen atoms in total. The molecule has 2 atom stereocenters. The second kappa shape index (κ2) is 5.10. The Hall–Kier alpha value is -1.40. The Balaban J connectivity index is 1.63. The molecule has 2 aliphatic heterocycles. The van der Waals surface area contributed by atoms with Gasteiger partial charge in [0.25, 0.3) is 5.91 Å². The van der Waals surface area contributed by atoms with E-state index in [9.17, 15) is 4.79 Å². The number of carbonyl (C=O) groups is 1. The van der Waals surface area contributed by atoms with E-state index in [1.165, 1.54) is 0 Å². The summed E-state index contributed by atoms with van der Waals surface area (Å²) in [6.07, 6.45) is 3.13. The number of aryl methyl sites for hydroxylation is 1. The molecule has 3 heterocycles. The Morgan fingerprint density at radius 2 is 2.19 bits per heavy atom. The van der Waals surface area contributed by atoms with Crippen molar-refractivity contribution >= 4 is 5.91 Å². The van der Waals surface area contributed by atoms with E-state index in [4.69, 9.17) is 4.74 Å². The lowest BCUT2D eigenvalue weighted by Gasteiger charge is -2.29. The summed E-state index contributed by atoms with van der Waals surface area (Å²) in [6, 6.07) is 0.142. The van der Waals surface area contributed by atoms with Crippen molar-refractivity contribution in [1.29, 1.82) is 0 Å². The highest BCUT2D eigenvalue weighted by Gasteiger charge is 2.37. The molecule has 1 aromatic heterocycles. The first-order valence-electron chi connectivity index (χ1n) is 7.85. The van der Waals surface area contributed by atoms with E-state index in [1.807, 2.05) is 4.90 Å². The topological polar surface area (TPSA) is 61.5 Å². The number of fused-ring (bicyclic) bond motifs is 4. The molecule has 2 bridgehead atoms. The third kappa shape index (κ3) is 2.26. The summed E-state index contributed by atoms with van der Waals surface area (Å²) >= 11 is 0. The van der Waals surface area contributed by atoms with Crippen molar-refractivity contribution < 1.29 is 9.53 Å². The highest BCUT2D eigenvalue weighted by Crippen LogP contribution is 2.26. The predicted molar refractivity (Wildman–Crippen MR) is 77.2 cm³/mol. The van der Waals surface area contributed by atoms with Gasteiger partial charge in [-0.15, -0.1) is 0 Å². The Kier molecular flexibility index (Phi) is 3.23. The normalized spacial score (nSPS) is 29.3. The summed E-state index contributed by atoms with van der Waals surface area (Å²) < 4.78 is 5.75. The Bertz CT molecular complexity index is 556. The van der Waals surface area contributed by atoms with Gasteiger partial charge in [0.1, 0.15) is 0 Å². The molecule has 2 fully saturated rings. The Morgan fingerprint density at radius 3 is 3.10 bits per heavy atom. The Morgan fingerprint density at radius 1 is 1.29 bits per heavy atom. The average molecular weight is 290 g/mol. The zero-order chi connectivity index (χ0) is 14.4. The molecule has 21 heavy (non-hydrogen) atoms. The van der Waals surface area contributed by atoms with Crippen LogP contribution in [0.3, 0.4) is 0 Å². The van der Waals surface area contributed by atoms with Crippen LogP contribution >= 0.6 is 0 Å². The molecule has 6 heteroatoms. The fourth-order valence-corrected chi connectivity index (χ4v) is 3.96. The number of carbonyl (C=O) groups excluding carboxylic acids is 1. The van der Waals surface area contributed by atoms with Crippen LogP contribution in [0.1, 0.15) is 28.2 Å². The minimum atomic E-state index is 0.0881. The van der Waals surface area contributed by atoms with Crippen molar-refractivity contribution in [2.75, 3.05) is 39.9 Å². The largest absolute Gasteiger partial charge is 0.379 e. The number of hydrogen-bond donors (Lipinski definition) is 1. The number of likely N-dealkylation sites (N-methyl/N-ethyl adjacent to an activating group) is 1. The van der Waals surface area contributed by atoms with Gasteiger partial charge in [-0.3, -0.25) is 9.89 Å². The van der Waals surface area contributed by atoms with Crippen LogP contribution in [0.2, 0.25) is 0 Å². The molecule has 114 valence electrons. The summed E-state index contributed by atoms with van der Waals surface area (Å²) in [5.74, 6) is 0.489. The van der Waals surface area contributed by atoms with Gasteiger partial charge in [0.05, 0.1) is 19.3 Å². The highest BCUT2D eigenvalue weighted by molar-refractivity contribution is 5.94. The van der Waals surface area contributed by atoms with Gasteiger partial charge in [-0.05, 0) is 26.3 Å².